The molecule has 0 bridgehead atoms. The van der Waals surface area contributed by atoms with Crippen LogP contribution < -0.4 is 33.5 Å². The van der Waals surface area contributed by atoms with Crippen molar-refractivity contribution in [2.45, 2.75) is 45.4 Å². The second kappa shape index (κ2) is 14.3. The zero-order valence-corrected chi connectivity index (χ0v) is 20.8. The Labute approximate surface area is 192 Å². The summed E-state index contributed by atoms with van der Waals surface area (Å²) in [5, 5.41) is 0.363. The smallest absolute Gasteiger partial charge is 0.338 e. The van der Waals surface area contributed by atoms with Crippen molar-refractivity contribution in [1.29, 1.82) is 0 Å². The third kappa shape index (κ3) is 10.7. The molecule has 0 aliphatic heterocycles. The number of benzene rings is 1. The number of halogens is 2. The lowest BCUT2D eigenvalue weighted by Gasteiger charge is -2.23. The van der Waals surface area contributed by atoms with Gasteiger partial charge >= 0.3 is 5.97 Å². The van der Waals surface area contributed by atoms with E-state index in [1.807, 2.05) is 0 Å². The lowest BCUT2D eigenvalue weighted by molar-refractivity contribution is -0.870. The molecule has 5 nitrogen and oxygen atoms in total. The maximum atomic E-state index is 12.3. The fourth-order valence-corrected chi connectivity index (χ4v) is 2.88. The predicted molar refractivity (Wildman–Crippen MR) is 110 cm³/mol. The third-order valence-corrected chi connectivity index (χ3v) is 4.45. The number of rotatable bonds is 13. The highest BCUT2D eigenvalue weighted by atomic mass is 127. The van der Waals surface area contributed by atoms with Gasteiger partial charge in [-0.05, 0) is 31.4 Å². The van der Waals surface area contributed by atoms with Crippen LogP contribution in [-0.2, 0) is 4.74 Å². The van der Waals surface area contributed by atoms with Crippen molar-refractivity contribution >= 4 is 17.6 Å². The van der Waals surface area contributed by atoms with Gasteiger partial charge in [0.15, 0.2) is 11.5 Å². The summed E-state index contributed by atoms with van der Waals surface area (Å²) >= 11 is 6.32. The lowest BCUT2D eigenvalue weighted by Crippen LogP contribution is -3.00. The van der Waals surface area contributed by atoms with Gasteiger partial charge in [0.2, 0.25) is 0 Å². The van der Waals surface area contributed by atoms with E-state index in [4.69, 9.17) is 25.8 Å². The number of hydrogen-bond acceptors (Lipinski definition) is 4. The van der Waals surface area contributed by atoms with Crippen molar-refractivity contribution < 1.29 is 47.5 Å². The van der Waals surface area contributed by atoms with E-state index in [9.17, 15) is 4.79 Å². The summed E-state index contributed by atoms with van der Waals surface area (Å²) < 4.78 is 17.4. The number of ether oxygens (including phenoxy) is 3. The molecular formula is C21H35ClINO4. The maximum Gasteiger partial charge on any atom is 0.338 e. The van der Waals surface area contributed by atoms with Gasteiger partial charge in [0.1, 0.15) is 0 Å². The van der Waals surface area contributed by atoms with Gasteiger partial charge in [0, 0.05) is 0 Å². The Balaban J connectivity index is 0.00000729. The topological polar surface area (TPSA) is 44.8 Å². The molecule has 0 fully saturated rings. The van der Waals surface area contributed by atoms with Crippen LogP contribution in [0, 0.1) is 0 Å². The Bertz CT molecular complexity index is 591. The molecule has 162 valence electrons. The van der Waals surface area contributed by atoms with Crippen LogP contribution in [0.15, 0.2) is 12.1 Å². The van der Waals surface area contributed by atoms with Crippen molar-refractivity contribution in [3.05, 3.63) is 22.7 Å². The second-order valence-corrected chi connectivity index (χ2v) is 8.16. The normalized spacial score (nSPS) is 10.9. The monoisotopic (exact) mass is 527 g/mol. The van der Waals surface area contributed by atoms with Crippen molar-refractivity contribution in [3.8, 4) is 11.5 Å². The Hall–Kier alpha value is -0.730. The van der Waals surface area contributed by atoms with Crippen molar-refractivity contribution in [3.63, 3.8) is 0 Å². The number of carbonyl (C=O) groups excluding carboxylic acids is 1. The molecule has 0 aliphatic rings. The summed E-state index contributed by atoms with van der Waals surface area (Å²) in [6, 6.07) is 3.21. The highest BCUT2D eigenvalue weighted by molar-refractivity contribution is 6.32. The first kappa shape index (κ1) is 27.3. The van der Waals surface area contributed by atoms with E-state index in [1.54, 1.807) is 12.1 Å². The number of carbonyl (C=O) groups is 1. The van der Waals surface area contributed by atoms with Gasteiger partial charge < -0.3 is 42.7 Å². The van der Waals surface area contributed by atoms with Gasteiger partial charge in [-0.15, -0.1) is 0 Å². The largest absolute Gasteiger partial charge is 1.00 e. The first-order valence-electron chi connectivity index (χ1n) is 9.76. The number of methoxy groups -OCH3 is 1. The van der Waals surface area contributed by atoms with Crippen LogP contribution in [0.2, 0.25) is 5.02 Å². The van der Waals surface area contributed by atoms with Crippen molar-refractivity contribution in [1.82, 2.24) is 0 Å². The zero-order chi connectivity index (χ0) is 20.3. The summed E-state index contributed by atoms with van der Waals surface area (Å²) in [5.74, 6) is 0.542. The van der Waals surface area contributed by atoms with Crippen LogP contribution in [0.5, 0.6) is 11.5 Å². The van der Waals surface area contributed by atoms with E-state index in [1.165, 1.54) is 20.0 Å². The molecule has 0 heterocycles. The van der Waals surface area contributed by atoms with E-state index >= 15 is 0 Å². The van der Waals surface area contributed by atoms with Crippen LogP contribution in [0.3, 0.4) is 0 Å². The first-order chi connectivity index (χ1) is 12.8. The molecule has 0 saturated carbocycles. The minimum Gasteiger partial charge on any atom is -1.00 e. The molecule has 0 radical (unpaired) electrons. The number of quaternary nitrogens is 1. The lowest BCUT2D eigenvalue weighted by atomic mass is 10.2. The fourth-order valence-electron chi connectivity index (χ4n) is 2.62. The van der Waals surface area contributed by atoms with Gasteiger partial charge in [0.25, 0.3) is 0 Å². The Morgan fingerprint density at radius 1 is 1.04 bits per heavy atom. The van der Waals surface area contributed by atoms with Gasteiger partial charge in [-0.25, -0.2) is 4.79 Å². The van der Waals surface area contributed by atoms with E-state index in [2.05, 4.69) is 28.1 Å². The predicted octanol–water partition coefficient (Wildman–Crippen LogP) is 1.95. The molecule has 0 aliphatic carbocycles. The summed E-state index contributed by atoms with van der Waals surface area (Å²) in [5.41, 5.74) is 0.377. The quantitative estimate of drug-likeness (QED) is 0.170. The summed E-state index contributed by atoms with van der Waals surface area (Å²) in [6.07, 6.45) is 6.29. The molecule has 0 spiro atoms. The second-order valence-electron chi connectivity index (χ2n) is 7.76. The zero-order valence-electron chi connectivity index (χ0n) is 17.9. The number of hydrogen-bond donors (Lipinski definition) is 0. The molecule has 0 aromatic heterocycles. The molecule has 0 amide bonds. The van der Waals surface area contributed by atoms with Crippen LogP contribution in [0.25, 0.3) is 0 Å². The molecule has 7 heteroatoms. The fraction of sp³-hybridized carbons (Fsp3) is 0.667. The molecule has 0 saturated heterocycles. The highest BCUT2D eigenvalue weighted by Gasteiger charge is 2.17. The van der Waals surface area contributed by atoms with E-state index < -0.39 is 5.97 Å². The van der Waals surface area contributed by atoms with Gasteiger partial charge in [-0.2, -0.15) is 0 Å². The molecule has 1 aromatic rings. The minimum atomic E-state index is -0.394. The Kier molecular flexibility index (Phi) is 13.9. The average molecular weight is 528 g/mol. The van der Waals surface area contributed by atoms with E-state index in [0.29, 0.717) is 35.3 Å². The third-order valence-electron chi connectivity index (χ3n) is 4.17. The van der Waals surface area contributed by atoms with Gasteiger partial charge in [-0.1, -0.05) is 37.8 Å². The Morgan fingerprint density at radius 2 is 1.71 bits per heavy atom. The molecule has 1 rings (SSSR count). The molecule has 1 aromatic carbocycles. The first-order valence-corrected chi connectivity index (χ1v) is 10.1. The number of nitrogens with zero attached hydrogens (tertiary/aromatic N) is 1. The maximum absolute atomic E-state index is 12.3. The van der Waals surface area contributed by atoms with Crippen molar-refractivity contribution in [2.24, 2.45) is 0 Å². The summed E-state index contributed by atoms with van der Waals surface area (Å²) in [7, 11) is 7.98. The van der Waals surface area contributed by atoms with Crippen molar-refractivity contribution in [2.75, 3.05) is 48.0 Å². The molecule has 0 atom stereocenters. The van der Waals surface area contributed by atoms with E-state index in [0.717, 1.165) is 36.7 Å². The van der Waals surface area contributed by atoms with Crippen LogP contribution in [-0.4, -0.2) is 58.5 Å². The Morgan fingerprint density at radius 3 is 2.32 bits per heavy atom. The SMILES string of the molecule is CCCCCCOc1c(Cl)cc(C(=O)OCCCC[N+](C)(C)C)cc1OC.[I-]. The van der Waals surface area contributed by atoms with Crippen LogP contribution >= 0.6 is 11.6 Å². The summed E-state index contributed by atoms with van der Waals surface area (Å²) in [6.45, 7) is 4.18. The number of esters is 1. The highest BCUT2D eigenvalue weighted by Crippen LogP contribution is 2.36. The molecule has 0 unspecified atom stereocenters. The van der Waals surface area contributed by atoms with Gasteiger partial charge in [-0.3, -0.25) is 0 Å². The number of unbranched alkanes of at least 4 members (excludes halogenated alkanes) is 4. The molecular weight excluding hydrogens is 493 g/mol. The standard InChI is InChI=1S/C21H35ClNO4.HI/c1-6-7-8-10-13-26-20-18(22)15-17(16-19(20)25-5)21(24)27-14-11-9-12-23(2,3)4;/h15-16H,6-14H2,1-5H3;1H/q+1;/p-1. The molecule has 28 heavy (non-hydrogen) atoms. The van der Waals surface area contributed by atoms with Crippen LogP contribution in [0.4, 0.5) is 0 Å². The van der Waals surface area contributed by atoms with Crippen LogP contribution in [0.1, 0.15) is 55.8 Å². The van der Waals surface area contributed by atoms with Gasteiger partial charge in [0.05, 0.1) is 58.6 Å². The molecule has 0 N–H and O–H groups in total. The minimum absolute atomic E-state index is 0. The van der Waals surface area contributed by atoms with E-state index in [-0.39, 0.29) is 24.0 Å². The summed E-state index contributed by atoms with van der Waals surface area (Å²) in [4.78, 5) is 12.3. The average Bonchev–Trinajstić information content (AvgIpc) is 2.60.